The molecule has 0 unspecified atom stereocenters. The summed E-state index contributed by atoms with van der Waals surface area (Å²) in [5, 5.41) is 11.5. The Morgan fingerprint density at radius 2 is 2.21 bits per heavy atom. The quantitative estimate of drug-likeness (QED) is 0.819. The second-order valence-corrected chi connectivity index (χ2v) is 4.25. The van der Waals surface area contributed by atoms with Crippen molar-refractivity contribution < 1.29 is 9.90 Å². The van der Waals surface area contributed by atoms with Gasteiger partial charge in [0.05, 0.1) is 6.61 Å². The van der Waals surface area contributed by atoms with E-state index in [2.05, 4.69) is 17.2 Å². The zero-order valence-corrected chi connectivity index (χ0v) is 11.7. The van der Waals surface area contributed by atoms with Crippen LogP contribution in [0.25, 0.3) is 0 Å². The van der Waals surface area contributed by atoms with Crippen LogP contribution in [0.3, 0.4) is 0 Å². The van der Waals surface area contributed by atoms with E-state index in [1.165, 1.54) is 0 Å². The van der Waals surface area contributed by atoms with Crippen LogP contribution in [0.5, 0.6) is 0 Å². The second-order valence-electron chi connectivity index (χ2n) is 4.25. The van der Waals surface area contributed by atoms with Gasteiger partial charge in [-0.2, -0.15) is 0 Å². The number of nitrogens with zero attached hydrogens (tertiary/aromatic N) is 1. The fourth-order valence-corrected chi connectivity index (χ4v) is 1.41. The van der Waals surface area contributed by atoms with E-state index in [4.69, 9.17) is 5.11 Å². The van der Waals surface area contributed by atoms with Gasteiger partial charge in [0.15, 0.2) is 0 Å². The predicted octanol–water partition coefficient (Wildman–Crippen LogP) is 2.21. The molecule has 0 bridgehead atoms. The lowest BCUT2D eigenvalue weighted by atomic mass is 10.1. The normalized spacial score (nSPS) is 9.47. The SMILES string of the molecule is CCN(C)C(=O)Nc1ccc(C)c(C#CCCO)c1. The van der Waals surface area contributed by atoms with Crippen LogP contribution in [0.1, 0.15) is 24.5 Å². The molecule has 2 N–H and O–H groups in total. The summed E-state index contributed by atoms with van der Waals surface area (Å²) in [5.74, 6) is 5.88. The van der Waals surface area contributed by atoms with Gasteiger partial charge >= 0.3 is 6.03 Å². The molecule has 0 spiro atoms. The molecule has 0 atom stereocenters. The van der Waals surface area contributed by atoms with E-state index < -0.39 is 0 Å². The van der Waals surface area contributed by atoms with Crippen molar-refractivity contribution in [2.24, 2.45) is 0 Å². The Morgan fingerprint density at radius 3 is 2.84 bits per heavy atom. The molecule has 0 saturated carbocycles. The molecule has 0 aliphatic carbocycles. The third-order valence-corrected chi connectivity index (χ3v) is 2.77. The van der Waals surface area contributed by atoms with Crippen LogP contribution in [-0.2, 0) is 0 Å². The Bertz CT molecular complexity index is 501. The summed E-state index contributed by atoms with van der Waals surface area (Å²) in [7, 11) is 1.74. The molecule has 0 fully saturated rings. The largest absolute Gasteiger partial charge is 0.395 e. The van der Waals surface area contributed by atoms with Crippen LogP contribution < -0.4 is 5.32 Å². The number of aliphatic hydroxyl groups is 1. The smallest absolute Gasteiger partial charge is 0.321 e. The molecular formula is C15H20N2O2. The minimum atomic E-state index is -0.138. The number of aryl methyl sites for hydroxylation is 1. The van der Waals surface area contributed by atoms with Gasteiger partial charge in [0.1, 0.15) is 0 Å². The van der Waals surface area contributed by atoms with E-state index in [9.17, 15) is 4.79 Å². The van der Waals surface area contributed by atoms with E-state index in [1.807, 2.05) is 32.0 Å². The first-order valence-electron chi connectivity index (χ1n) is 6.31. The van der Waals surface area contributed by atoms with Crippen molar-refractivity contribution >= 4 is 11.7 Å². The van der Waals surface area contributed by atoms with Gasteiger partial charge in [-0.15, -0.1) is 0 Å². The van der Waals surface area contributed by atoms with E-state index in [-0.39, 0.29) is 12.6 Å². The Labute approximate surface area is 114 Å². The maximum Gasteiger partial charge on any atom is 0.321 e. The molecule has 19 heavy (non-hydrogen) atoms. The average molecular weight is 260 g/mol. The molecule has 4 nitrogen and oxygen atoms in total. The highest BCUT2D eigenvalue weighted by Crippen LogP contribution is 2.15. The maximum atomic E-state index is 11.7. The minimum Gasteiger partial charge on any atom is -0.395 e. The number of carbonyl (C=O) groups excluding carboxylic acids is 1. The van der Waals surface area contributed by atoms with E-state index in [0.717, 1.165) is 16.8 Å². The first-order chi connectivity index (χ1) is 9.08. The van der Waals surface area contributed by atoms with E-state index >= 15 is 0 Å². The van der Waals surface area contributed by atoms with Crippen LogP contribution in [-0.4, -0.2) is 36.2 Å². The fraction of sp³-hybridized carbons (Fsp3) is 0.400. The van der Waals surface area contributed by atoms with Crippen LogP contribution in [0.4, 0.5) is 10.5 Å². The predicted molar refractivity (Wildman–Crippen MR) is 77.1 cm³/mol. The molecule has 0 heterocycles. The van der Waals surface area contributed by atoms with Crippen molar-refractivity contribution in [2.75, 3.05) is 25.5 Å². The summed E-state index contributed by atoms with van der Waals surface area (Å²) in [6.45, 7) is 4.60. The molecule has 0 aliphatic heterocycles. The Balaban J connectivity index is 2.85. The number of hydrogen-bond acceptors (Lipinski definition) is 2. The standard InChI is InChI=1S/C15H20N2O2/c1-4-17(3)15(19)16-14-9-8-12(2)13(11-14)7-5-6-10-18/h8-9,11,18H,4,6,10H2,1-3H3,(H,16,19). The molecule has 2 amide bonds. The minimum absolute atomic E-state index is 0.0593. The van der Waals surface area contributed by atoms with Crippen LogP contribution in [0.2, 0.25) is 0 Å². The lowest BCUT2D eigenvalue weighted by Gasteiger charge is -2.15. The topological polar surface area (TPSA) is 52.6 Å². The number of carbonyl (C=O) groups is 1. The number of rotatable bonds is 3. The maximum absolute atomic E-state index is 11.7. The van der Waals surface area contributed by atoms with Gasteiger partial charge in [-0.25, -0.2) is 4.79 Å². The van der Waals surface area contributed by atoms with Gasteiger partial charge in [0, 0.05) is 31.3 Å². The van der Waals surface area contributed by atoms with Crippen molar-refractivity contribution in [3.05, 3.63) is 29.3 Å². The Kier molecular flexibility index (Phi) is 5.91. The van der Waals surface area contributed by atoms with Gasteiger partial charge in [0.25, 0.3) is 0 Å². The number of nitrogens with one attached hydrogen (secondary N) is 1. The lowest BCUT2D eigenvalue weighted by molar-refractivity contribution is 0.224. The first kappa shape index (κ1) is 15.1. The van der Waals surface area contributed by atoms with E-state index in [0.29, 0.717) is 13.0 Å². The van der Waals surface area contributed by atoms with Crippen molar-refractivity contribution in [3.8, 4) is 11.8 Å². The molecule has 0 radical (unpaired) electrons. The molecular weight excluding hydrogens is 240 g/mol. The zero-order chi connectivity index (χ0) is 14.3. The monoisotopic (exact) mass is 260 g/mol. The molecule has 1 rings (SSSR count). The summed E-state index contributed by atoms with van der Waals surface area (Å²) in [6.07, 6.45) is 0.453. The molecule has 0 aliphatic rings. The number of amides is 2. The zero-order valence-electron chi connectivity index (χ0n) is 11.7. The van der Waals surface area contributed by atoms with Gasteiger partial charge in [-0.3, -0.25) is 0 Å². The van der Waals surface area contributed by atoms with Gasteiger partial charge < -0.3 is 15.3 Å². The van der Waals surface area contributed by atoms with E-state index in [1.54, 1.807) is 11.9 Å². The third-order valence-electron chi connectivity index (χ3n) is 2.77. The molecule has 1 aromatic carbocycles. The fourth-order valence-electron chi connectivity index (χ4n) is 1.41. The van der Waals surface area contributed by atoms with Gasteiger partial charge in [-0.1, -0.05) is 17.9 Å². The van der Waals surface area contributed by atoms with Gasteiger partial charge in [-0.05, 0) is 31.5 Å². The molecule has 4 heteroatoms. The lowest BCUT2D eigenvalue weighted by Crippen LogP contribution is -2.30. The van der Waals surface area contributed by atoms with Crippen molar-refractivity contribution in [1.29, 1.82) is 0 Å². The number of hydrogen-bond donors (Lipinski definition) is 2. The summed E-state index contributed by atoms with van der Waals surface area (Å²) in [5.41, 5.74) is 2.64. The third kappa shape index (κ3) is 4.65. The number of benzene rings is 1. The molecule has 102 valence electrons. The highest BCUT2D eigenvalue weighted by Gasteiger charge is 2.07. The van der Waals surface area contributed by atoms with Crippen LogP contribution in [0, 0.1) is 18.8 Å². The van der Waals surface area contributed by atoms with Crippen molar-refractivity contribution in [2.45, 2.75) is 20.3 Å². The first-order valence-corrected chi connectivity index (χ1v) is 6.31. The Morgan fingerprint density at radius 1 is 1.47 bits per heavy atom. The summed E-state index contributed by atoms with van der Waals surface area (Å²) < 4.78 is 0. The average Bonchev–Trinajstić information content (AvgIpc) is 2.41. The number of anilines is 1. The highest BCUT2D eigenvalue weighted by atomic mass is 16.2. The molecule has 0 aromatic heterocycles. The van der Waals surface area contributed by atoms with Crippen molar-refractivity contribution in [3.63, 3.8) is 0 Å². The number of urea groups is 1. The van der Waals surface area contributed by atoms with Crippen LogP contribution in [0.15, 0.2) is 18.2 Å². The van der Waals surface area contributed by atoms with Gasteiger partial charge in [0.2, 0.25) is 0 Å². The summed E-state index contributed by atoms with van der Waals surface area (Å²) >= 11 is 0. The molecule has 0 saturated heterocycles. The van der Waals surface area contributed by atoms with Crippen molar-refractivity contribution in [1.82, 2.24) is 4.90 Å². The number of aliphatic hydroxyl groups excluding tert-OH is 1. The second kappa shape index (κ2) is 7.45. The highest BCUT2D eigenvalue weighted by molar-refractivity contribution is 5.89. The Hall–Kier alpha value is -1.99. The molecule has 1 aromatic rings. The summed E-state index contributed by atoms with van der Waals surface area (Å²) in [6, 6.07) is 5.49. The summed E-state index contributed by atoms with van der Waals surface area (Å²) in [4.78, 5) is 13.3. The van der Waals surface area contributed by atoms with Crippen LogP contribution >= 0.6 is 0 Å².